The summed E-state index contributed by atoms with van der Waals surface area (Å²) in [7, 11) is 0. The highest BCUT2D eigenvalue weighted by Crippen LogP contribution is 2.31. The molecule has 0 bridgehead atoms. The summed E-state index contributed by atoms with van der Waals surface area (Å²) in [4.78, 5) is 22.8. The SMILES string of the molecule is O=C(CNC1(C(=O)O)CCC1)NCCC1=CCCCC1. The lowest BCUT2D eigenvalue weighted by Crippen LogP contribution is -2.59. The van der Waals surface area contributed by atoms with E-state index < -0.39 is 11.5 Å². The minimum atomic E-state index is -0.858. The molecule has 5 nitrogen and oxygen atoms in total. The van der Waals surface area contributed by atoms with E-state index in [-0.39, 0.29) is 12.5 Å². The van der Waals surface area contributed by atoms with Gasteiger partial charge in [-0.3, -0.25) is 14.9 Å². The minimum absolute atomic E-state index is 0.0886. The largest absolute Gasteiger partial charge is 0.480 e. The van der Waals surface area contributed by atoms with Gasteiger partial charge in [-0.25, -0.2) is 0 Å². The Labute approximate surface area is 119 Å². The van der Waals surface area contributed by atoms with Crippen molar-refractivity contribution in [1.82, 2.24) is 10.6 Å². The van der Waals surface area contributed by atoms with E-state index >= 15 is 0 Å². The Bertz CT molecular complexity index is 400. The van der Waals surface area contributed by atoms with Gasteiger partial charge in [0.2, 0.25) is 5.91 Å². The molecule has 112 valence electrons. The van der Waals surface area contributed by atoms with E-state index in [1.807, 2.05) is 0 Å². The Morgan fingerprint density at radius 2 is 2.05 bits per heavy atom. The highest BCUT2D eigenvalue weighted by atomic mass is 16.4. The summed E-state index contributed by atoms with van der Waals surface area (Å²) in [5.74, 6) is -0.960. The van der Waals surface area contributed by atoms with Gasteiger partial charge in [0, 0.05) is 6.54 Å². The van der Waals surface area contributed by atoms with Crippen molar-refractivity contribution in [3.05, 3.63) is 11.6 Å². The number of carbonyl (C=O) groups is 2. The van der Waals surface area contributed by atoms with Crippen LogP contribution in [0.25, 0.3) is 0 Å². The monoisotopic (exact) mass is 280 g/mol. The van der Waals surface area contributed by atoms with Crippen molar-refractivity contribution in [2.24, 2.45) is 0 Å². The number of carboxylic acids is 1. The molecule has 2 aliphatic rings. The third-order valence-electron chi connectivity index (χ3n) is 4.36. The van der Waals surface area contributed by atoms with Crippen molar-refractivity contribution in [2.75, 3.05) is 13.1 Å². The molecule has 0 aromatic carbocycles. The molecule has 0 atom stereocenters. The molecular formula is C15H24N2O3. The summed E-state index contributed by atoms with van der Waals surface area (Å²) in [6.45, 7) is 0.734. The molecule has 0 aromatic rings. The predicted octanol–water partition coefficient (Wildman–Crippen LogP) is 1.59. The standard InChI is InChI=1S/C15H24N2O3/c18-13(11-17-15(14(19)20)8-4-9-15)16-10-7-12-5-2-1-3-6-12/h5,17H,1-4,6-11H2,(H,16,18)(H,19,20). The molecule has 0 spiro atoms. The third-order valence-corrected chi connectivity index (χ3v) is 4.36. The zero-order valence-corrected chi connectivity index (χ0v) is 11.9. The number of nitrogens with one attached hydrogen (secondary N) is 2. The number of carbonyl (C=O) groups excluding carboxylic acids is 1. The van der Waals surface area contributed by atoms with Crippen LogP contribution in [-0.4, -0.2) is 35.6 Å². The van der Waals surface area contributed by atoms with Crippen LogP contribution in [0.3, 0.4) is 0 Å². The molecule has 2 rings (SSSR count). The molecule has 0 heterocycles. The maximum atomic E-state index is 11.7. The second kappa shape index (κ2) is 6.88. The molecule has 0 aromatic heterocycles. The van der Waals surface area contributed by atoms with Crippen LogP contribution in [0.4, 0.5) is 0 Å². The number of hydrogen-bond donors (Lipinski definition) is 3. The first-order chi connectivity index (χ1) is 9.62. The van der Waals surface area contributed by atoms with Crippen LogP contribution in [0.2, 0.25) is 0 Å². The summed E-state index contributed by atoms with van der Waals surface area (Å²) in [6.07, 6.45) is 10.2. The number of rotatable bonds is 7. The molecule has 1 amide bonds. The molecular weight excluding hydrogens is 256 g/mol. The second-order valence-electron chi connectivity index (χ2n) is 5.80. The fraction of sp³-hybridized carbons (Fsp3) is 0.733. The van der Waals surface area contributed by atoms with Gasteiger partial charge < -0.3 is 10.4 Å². The smallest absolute Gasteiger partial charge is 0.323 e. The molecule has 2 aliphatic carbocycles. The first-order valence-electron chi connectivity index (χ1n) is 7.55. The minimum Gasteiger partial charge on any atom is -0.480 e. The molecule has 0 saturated heterocycles. The number of allylic oxidation sites excluding steroid dienone is 1. The van der Waals surface area contributed by atoms with Gasteiger partial charge in [-0.1, -0.05) is 11.6 Å². The Morgan fingerprint density at radius 3 is 2.60 bits per heavy atom. The topological polar surface area (TPSA) is 78.4 Å². The summed E-state index contributed by atoms with van der Waals surface area (Å²) in [6, 6.07) is 0. The molecule has 1 saturated carbocycles. The lowest BCUT2D eigenvalue weighted by atomic mass is 9.77. The first kappa shape index (κ1) is 15.0. The fourth-order valence-electron chi connectivity index (χ4n) is 2.80. The van der Waals surface area contributed by atoms with Crippen molar-refractivity contribution in [1.29, 1.82) is 0 Å². The molecule has 1 fully saturated rings. The Morgan fingerprint density at radius 1 is 1.25 bits per heavy atom. The van der Waals surface area contributed by atoms with Crippen LogP contribution in [0.1, 0.15) is 51.4 Å². The van der Waals surface area contributed by atoms with Gasteiger partial charge in [-0.15, -0.1) is 0 Å². The van der Waals surface area contributed by atoms with Gasteiger partial charge in [-0.2, -0.15) is 0 Å². The summed E-state index contributed by atoms with van der Waals surface area (Å²) in [5.41, 5.74) is 0.578. The van der Waals surface area contributed by atoms with Crippen LogP contribution in [0.5, 0.6) is 0 Å². The number of carboxylic acid groups (broad SMARTS) is 1. The van der Waals surface area contributed by atoms with Gasteiger partial charge in [0.25, 0.3) is 0 Å². The van der Waals surface area contributed by atoms with E-state index in [1.54, 1.807) is 0 Å². The Balaban J connectivity index is 1.63. The summed E-state index contributed by atoms with van der Waals surface area (Å²) < 4.78 is 0. The Kier molecular flexibility index (Phi) is 5.17. The average molecular weight is 280 g/mol. The van der Waals surface area contributed by atoms with Crippen molar-refractivity contribution < 1.29 is 14.7 Å². The zero-order valence-electron chi connectivity index (χ0n) is 11.9. The van der Waals surface area contributed by atoms with Crippen molar-refractivity contribution >= 4 is 11.9 Å². The van der Waals surface area contributed by atoms with E-state index in [1.165, 1.54) is 18.4 Å². The molecule has 0 radical (unpaired) electrons. The van der Waals surface area contributed by atoms with Crippen LogP contribution in [0, 0.1) is 0 Å². The van der Waals surface area contributed by atoms with Gasteiger partial charge in [-0.05, 0) is 51.4 Å². The average Bonchev–Trinajstić information content (AvgIpc) is 2.38. The van der Waals surface area contributed by atoms with Crippen molar-refractivity contribution in [2.45, 2.75) is 56.9 Å². The molecule has 3 N–H and O–H groups in total. The zero-order chi connectivity index (χ0) is 14.4. The maximum Gasteiger partial charge on any atom is 0.323 e. The molecule has 0 aliphatic heterocycles. The quantitative estimate of drug-likeness (QED) is 0.619. The molecule has 20 heavy (non-hydrogen) atoms. The predicted molar refractivity (Wildman–Crippen MR) is 76.4 cm³/mol. The normalized spacial score (nSPS) is 20.7. The summed E-state index contributed by atoms with van der Waals surface area (Å²) >= 11 is 0. The number of hydrogen-bond acceptors (Lipinski definition) is 3. The number of aliphatic carboxylic acids is 1. The third kappa shape index (κ3) is 3.82. The van der Waals surface area contributed by atoms with E-state index in [0.717, 1.165) is 25.7 Å². The van der Waals surface area contributed by atoms with Crippen molar-refractivity contribution in [3.8, 4) is 0 Å². The van der Waals surface area contributed by atoms with Gasteiger partial charge in [0.05, 0.1) is 6.54 Å². The lowest BCUT2D eigenvalue weighted by molar-refractivity contribution is -0.148. The highest BCUT2D eigenvalue weighted by molar-refractivity contribution is 5.82. The first-order valence-corrected chi connectivity index (χ1v) is 7.55. The maximum absolute atomic E-state index is 11.7. The van der Waals surface area contributed by atoms with Crippen LogP contribution >= 0.6 is 0 Å². The van der Waals surface area contributed by atoms with E-state index in [2.05, 4.69) is 16.7 Å². The van der Waals surface area contributed by atoms with Gasteiger partial charge in [0.1, 0.15) is 5.54 Å². The van der Waals surface area contributed by atoms with Gasteiger partial charge in [0.15, 0.2) is 0 Å². The fourth-order valence-corrected chi connectivity index (χ4v) is 2.80. The van der Waals surface area contributed by atoms with Crippen LogP contribution in [0.15, 0.2) is 11.6 Å². The molecule has 0 unspecified atom stereocenters. The van der Waals surface area contributed by atoms with Crippen molar-refractivity contribution in [3.63, 3.8) is 0 Å². The van der Waals surface area contributed by atoms with E-state index in [0.29, 0.717) is 19.4 Å². The summed E-state index contributed by atoms with van der Waals surface area (Å²) in [5, 5.41) is 14.9. The van der Waals surface area contributed by atoms with E-state index in [4.69, 9.17) is 5.11 Å². The second-order valence-corrected chi connectivity index (χ2v) is 5.80. The lowest BCUT2D eigenvalue weighted by Gasteiger charge is -2.38. The highest BCUT2D eigenvalue weighted by Gasteiger charge is 2.44. The van der Waals surface area contributed by atoms with Gasteiger partial charge >= 0.3 is 5.97 Å². The Hall–Kier alpha value is -1.36. The number of amides is 1. The van der Waals surface area contributed by atoms with E-state index in [9.17, 15) is 9.59 Å². The van der Waals surface area contributed by atoms with Crippen LogP contribution in [-0.2, 0) is 9.59 Å². The van der Waals surface area contributed by atoms with Crippen LogP contribution < -0.4 is 10.6 Å². The molecule has 5 heteroatoms.